The van der Waals surface area contributed by atoms with Gasteiger partial charge in [0, 0.05) is 0 Å². The summed E-state index contributed by atoms with van der Waals surface area (Å²) in [5.74, 6) is 0. The first kappa shape index (κ1) is 15.4. The number of unbranched alkanes of at least 4 members (excludes halogenated alkanes) is 6. The molecule has 0 aromatic carbocycles. The molecule has 0 aliphatic rings. The molecule has 0 heterocycles. The van der Waals surface area contributed by atoms with E-state index in [2.05, 4.69) is 30.0 Å². The maximum absolute atomic E-state index is 3.09. The maximum Gasteiger partial charge on any atom is -0.0178 e. The van der Waals surface area contributed by atoms with Crippen LogP contribution in [-0.4, -0.2) is 5.16 Å². The predicted molar refractivity (Wildman–Crippen MR) is 75.6 cm³/mol. The second-order valence-corrected chi connectivity index (χ2v) is 6.67. The average Bonchev–Trinajstić information content (AvgIpc) is 2.20. The highest BCUT2D eigenvalue weighted by Crippen LogP contribution is 2.31. The average molecular weight is 230 g/mol. The van der Waals surface area contributed by atoms with Gasteiger partial charge in [-0.05, 0) is 18.0 Å². The molecular formula is C14H31P. The van der Waals surface area contributed by atoms with Gasteiger partial charge in [-0.1, -0.05) is 72.1 Å². The third-order valence-corrected chi connectivity index (χ3v) is 3.78. The molecule has 92 valence electrons. The SMILES string of the molecule is CCCCCCC(C)(P)CCCCCC. The van der Waals surface area contributed by atoms with Crippen molar-refractivity contribution < 1.29 is 0 Å². The van der Waals surface area contributed by atoms with E-state index < -0.39 is 0 Å². The van der Waals surface area contributed by atoms with Crippen molar-refractivity contribution in [2.45, 2.75) is 90.1 Å². The van der Waals surface area contributed by atoms with Gasteiger partial charge >= 0.3 is 0 Å². The number of hydrogen-bond acceptors (Lipinski definition) is 0. The molecule has 0 amide bonds. The van der Waals surface area contributed by atoms with Gasteiger partial charge in [-0.3, -0.25) is 0 Å². The summed E-state index contributed by atoms with van der Waals surface area (Å²) in [4.78, 5) is 0. The molecule has 1 heteroatoms. The van der Waals surface area contributed by atoms with Crippen LogP contribution in [0.5, 0.6) is 0 Å². The van der Waals surface area contributed by atoms with Gasteiger partial charge < -0.3 is 0 Å². The highest BCUT2D eigenvalue weighted by molar-refractivity contribution is 7.18. The molecule has 0 nitrogen and oxygen atoms in total. The molecule has 0 bridgehead atoms. The van der Waals surface area contributed by atoms with Gasteiger partial charge in [0.15, 0.2) is 0 Å². The van der Waals surface area contributed by atoms with E-state index in [9.17, 15) is 0 Å². The lowest BCUT2D eigenvalue weighted by atomic mass is 9.95. The van der Waals surface area contributed by atoms with Crippen LogP contribution in [0.15, 0.2) is 0 Å². The van der Waals surface area contributed by atoms with Gasteiger partial charge in [-0.2, -0.15) is 0 Å². The topological polar surface area (TPSA) is 0 Å². The Morgan fingerprint density at radius 1 is 0.733 bits per heavy atom. The third kappa shape index (κ3) is 10.7. The van der Waals surface area contributed by atoms with Crippen LogP contribution in [0.2, 0.25) is 0 Å². The van der Waals surface area contributed by atoms with Crippen molar-refractivity contribution in [2.75, 3.05) is 0 Å². The second kappa shape index (κ2) is 9.64. The number of rotatable bonds is 10. The van der Waals surface area contributed by atoms with Crippen LogP contribution in [0.4, 0.5) is 0 Å². The molecule has 0 spiro atoms. The summed E-state index contributed by atoms with van der Waals surface area (Å²) in [5, 5.41) is 0.515. The van der Waals surface area contributed by atoms with Crippen molar-refractivity contribution in [3.63, 3.8) is 0 Å². The highest BCUT2D eigenvalue weighted by atomic mass is 31.0. The third-order valence-electron chi connectivity index (χ3n) is 3.20. The Bertz CT molecular complexity index is 115. The van der Waals surface area contributed by atoms with Crippen molar-refractivity contribution in [2.24, 2.45) is 0 Å². The predicted octanol–water partition coefficient (Wildman–Crippen LogP) is 5.56. The molecule has 0 aromatic heterocycles. The zero-order valence-electron chi connectivity index (χ0n) is 11.1. The quantitative estimate of drug-likeness (QED) is 0.340. The molecule has 0 rings (SSSR count). The van der Waals surface area contributed by atoms with Gasteiger partial charge in [0.1, 0.15) is 0 Å². The van der Waals surface area contributed by atoms with E-state index in [1.807, 2.05) is 0 Å². The van der Waals surface area contributed by atoms with Gasteiger partial charge in [0.25, 0.3) is 0 Å². The summed E-state index contributed by atoms with van der Waals surface area (Å²) in [6.45, 7) is 6.98. The Labute approximate surface area is 99.8 Å². The van der Waals surface area contributed by atoms with Gasteiger partial charge in [-0.15, -0.1) is 9.24 Å². The first-order valence-corrected chi connectivity index (χ1v) is 7.49. The Morgan fingerprint density at radius 2 is 1.13 bits per heavy atom. The summed E-state index contributed by atoms with van der Waals surface area (Å²) in [7, 11) is 3.09. The van der Waals surface area contributed by atoms with Crippen LogP contribution >= 0.6 is 9.24 Å². The second-order valence-electron chi connectivity index (χ2n) is 5.28. The Kier molecular flexibility index (Phi) is 9.92. The molecule has 0 aliphatic heterocycles. The molecule has 0 aromatic rings. The van der Waals surface area contributed by atoms with Crippen LogP contribution in [0.25, 0.3) is 0 Å². The molecule has 0 saturated carbocycles. The van der Waals surface area contributed by atoms with E-state index in [0.29, 0.717) is 5.16 Å². The molecule has 1 unspecified atom stereocenters. The van der Waals surface area contributed by atoms with Gasteiger partial charge in [0.05, 0.1) is 0 Å². The summed E-state index contributed by atoms with van der Waals surface area (Å²) >= 11 is 0. The summed E-state index contributed by atoms with van der Waals surface area (Å²) in [5.41, 5.74) is 0. The van der Waals surface area contributed by atoms with E-state index in [0.717, 1.165) is 0 Å². The fraction of sp³-hybridized carbons (Fsp3) is 1.00. The molecule has 0 N–H and O–H groups in total. The minimum absolute atomic E-state index is 0.515. The smallest absolute Gasteiger partial charge is 0.0178 e. The van der Waals surface area contributed by atoms with Crippen LogP contribution in [0, 0.1) is 0 Å². The van der Waals surface area contributed by atoms with Crippen molar-refractivity contribution in [1.82, 2.24) is 0 Å². The first-order chi connectivity index (χ1) is 7.12. The fourth-order valence-corrected chi connectivity index (χ4v) is 2.44. The summed E-state index contributed by atoms with van der Waals surface area (Å²) < 4.78 is 0. The van der Waals surface area contributed by atoms with Crippen molar-refractivity contribution in [1.29, 1.82) is 0 Å². The minimum atomic E-state index is 0.515. The fourth-order valence-electron chi connectivity index (χ4n) is 2.04. The minimum Gasteiger partial charge on any atom is -0.131 e. The van der Waals surface area contributed by atoms with E-state index >= 15 is 0 Å². The first-order valence-electron chi connectivity index (χ1n) is 6.91. The van der Waals surface area contributed by atoms with Crippen LogP contribution in [0.1, 0.15) is 85.0 Å². The van der Waals surface area contributed by atoms with Gasteiger partial charge in [0.2, 0.25) is 0 Å². The van der Waals surface area contributed by atoms with E-state index in [-0.39, 0.29) is 0 Å². The van der Waals surface area contributed by atoms with E-state index in [4.69, 9.17) is 0 Å². The molecule has 15 heavy (non-hydrogen) atoms. The summed E-state index contributed by atoms with van der Waals surface area (Å²) in [6.07, 6.45) is 14.0. The summed E-state index contributed by atoms with van der Waals surface area (Å²) in [6, 6.07) is 0. The molecule has 0 fully saturated rings. The zero-order chi connectivity index (χ0) is 11.6. The van der Waals surface area contributed by atoms with Crippen molar-refractivity contribution in [3.05, 3.63) is 0 Å². The molecule has 1 atom stereocenters. The standard InChI is InChI=1S/C14H31P/c1-4-6-8-10-12-14(3,15)13-11-9-7-5-2/h4-13,15H2,1-3H3. The maximum atomic E-state index is 3.09. The van der Waals surface area contributed by atoms with Crippen LogP contribution in [-0.2, 0) is 0 Å². The monoisotopic (exact) mass is 230 g/mol. The van der Waals surface area contributed by atoms with Crippen molar-refractivity contribution in [3.8, 4) is 0 Å². The van der Waals surface area contributed by atoms with E-state index in [1.54, 1.807) is 0 Å². The zero-order valence-corrected chi connectivity index (χ0v) is 12.3. The van der Waals surface area contributed by atoms with E-state index in [1.165, 1.54) is 64.2 Å². The Hall–Kier alpha value is 0.430. The van der Waals surface area contributed by atoms with Gasteiger partial charge in [-0.25, -0.2) is 0 Å². The lowest BCUT2D eigenvalue weighted by Gasteiger charge is -2.24. The molecule has 0 radical (unpaired) electrons. The van der Waals surface area contributed by atoms with Crippen molar-refractivity contribution >= 4 is 9.24 Å². The molecular weight excluding hydrogens is 199 g/mol. The lowest BCUT2D eigenvalue weighted by Crippen LogP contribution is -2.15. The van der Waals surface area contributed by atoms with Crippen LogP contribution in [0.3, 0.4) is 0 Å². The Balaban J connectivity index is 3.40. The van der Waals surface area contributed by atoms with Crippen LogP contribution < -0.4 is 0 Å². The Morgan fingerprint density at radius 3 is 1.47 bits per heavy atom. The highest BCUT2D eigenvalue weighted by Gasteiger charge is 2.16. The normalized spacial score (nSPS) is 12.0. The number of hydrogen-bond donors (Lipinski definition) is 0. The molecule has 0 aliphatic carbocycles. The molecule has 0 saturated heterocycles. The lowest BCUT2D eigenvalue weighted by molar-refractivity contribution is 0.473. The largest absolute Gasteiger partial charge is 0.131 e.